The van der Waals surface area contributed by atoms with Crippen LogP contribution in [0.5, 0.6) is 5.75 Å². The second kappa shape index (κ2) is 11.9. The minimum Gasteiger partial charge on any atom is -0.497 e. The van der Waals surface area contributed by atoms with E-state index in [0.29, 0.717) is 34.8 Å². The van der Waals surface area contributed by atoms with E-state index in [2.05, 4.69) is 11.9 Å². The number of ether oxygens (including phenoxy) is 2. The van der Waals surface area contributed by atoms with Gasteiger partial charge >= 0.3 is 0 Å². The fourth-order valence-corrected chi connectivity index (χ4v) is 9.81. The Labute approximate surface area is 253 Å². The Morgan fingerprint density at radius 2 is 1.95 bits per heavy atom. The average Bonchev–Trinajstić information content (AvgIpc) is 3.63. The molecule has 0 bridgehead atoms. The van der Waals surface area contributed by atoms with Crippen LogP contribution < -0.4 is 15.0 Å². The van der Waals surface area contributed by atoms with Crippen LogP contribution in [-0.2, 0) is 19.9 Å². The van der Waals surface area contributed by atoms with Gasteiger partial charge in [0.1, 0.15) is 5.75 Å². The quantitative estimate of drug-likeness (QED) is 0.293. The van der Waals surface area contributed by atoms with E-state index in [4.69, 9.17) is 9.47 Å². The molecule has 2 fully saturated rings. The first-order valence-corrected chi connectivity index (χ1v) is 17.8. The molecule has 3 heterocycles. The summed E-state index contributed by atoms with van der Waals surface area (Å²) in [6.45, 7) is 10.1. The summed E-state index contributed by atoms with van der Waals surface area (Å²) in [6.07, 6.45) is 2.51. The molecule has 1 spiro atoms. The predicted octanol–water partition coefficient (Wildman–Crippen LogP) is 3.65. The molecule has 0 radical (unpaired) electrons. The van der Waals surface area contributed by atoms with E-state index >= 15 is 0 Å². The topological polar surface area (TPSA) is 129 Å². The second-order valence-electron chi connectivity index (χ2n) is 12.2. The predicted molar refractivity (Wildman–Crippen MR) is 166 cm³/mol. The summed E-state index contributed by atoms with van der Waals surface area (Å²) in [5.74, 6) is -0.570. The summed E-state index contributed by atoms with van der Waals surface area (Å²) in [5.41, 5.74) is 0.283. The molecule has 0 aromatic heterocycles. The van der Waals surface area contributed by atoms with Crippen molar-refractivity contribution in [3.63, 3.8) is 0 Å². The number of aliphatic hydroxyl groups is 1. The summed E-state index contributed by atoms with van der Waals surface area (Å²) in [4.78, 5) is 55.7. The summed E-state index contributed by atoms with van der Waals surface area (Å²) in [7, 11) is -1.42. The number of benzene rings is 2. The van der Waals surface area contributed by atoms with Crippen molar-refractivity contribution >= 4 is 37.4 Å². The van der Waals surface area contributed by atoms with Crippen LogP contribution in [0.2, 0.25) is 18.6 Å². The van der Waals surface area contributed by atoms with Gasteiger partial charge in [0.25, 0.3) is 11.8 Å². The molecule has 3 N–H and O–H groups in total. The van der Waals surface area contributed by atoms with Crippen LogP contribution >= 0.6 is 0 Å². The number of methoxy groups -OCH3 is 1. The monoisotopic (exact) mass is 607 g/mol. The van der Waals surface area contributed by atoms with E-state index in [1.807, 2.05) is 20.0 Å². The van der Waals surface area contributed by atoms with Crippen LogP contribution in [0, 0.1) is 5.92 Å². The van der Waals surface area contributed by atoms with Crippen LogP contribution in [0.15, 0.2) is 55.1 Å². The molecule has 2 aromatic rings. The lowest BCUT2D eigenvalue weighted by Gasteiger charge is -2.32. The number of aliphatic hydroxyl groups excluding tert-OH is 1. The molecule has 3 aliphatic heterocycles. The van der Waals surface area contributed by atoms with Crippen molar-refractivity contribution < 1.29 is 33.8 Å². The van der Waals surface area contributed by atoms with E-state index < -0.39 is 31.5 Å². The van der Waals surface area contributed by atoms with Gasteiger partial charge in [0.15, 0.2) is 13.9 Å². The van der Waals surface area contributed by atoms with Crippen LogP contribution in [0.3, 0.4) is 0 Å². The minimum atomic E-state index is -2.97. The van der Waals surface area contributed by atoms with E-state index in [1.165, 1.54) is 0 Å². The standard InChI is InChI=1S/C32H41N3O7Si/c1-6-15-35-26-14-11-22(33-30(38)21-9-12-24(41-3)13-10-21)17-25(26)32(31(35)39)20(2)29(43(4,5)40)27(42-32)18-28(37)34-16-7-8-23(34)19-36/h6,9-14,17,20,23,27,29,36,40H,1,7-8,15-16,18-19H2,2-5H3,(H,33,38)/t20-,23-,27+,29-,32+/m0/s1. The molecule has 5 atom stereocenters. The number of anilines is 2. The fourth-order valence-electron chi connectivity index (χ4n) is 7.25. The highest BCUT2D eigenvalue weighted by molar-refractivity contribution is 6.71. The molecule has 0 aliphatic carbocycles. The number of nitrogens with one attached hydrogen (secondary N) is 1. The molecule has 0 saturated carbocycles. The Morgan fingerprint density at radius 1 is 1.23 bits per heavy atom. The summed E-state index contributed by atoms with van der Waals surface area (Å²) in [5, 5.41) is 12.7. The summed E-state index contributed by atoms with van der Waals surface area (Å²) < 4.78 is 11.9. The molecule has 2 saturated heterocycles. The maximum atomic E-state index is 14.3. The molecule has 230 valence electrons. The third kappa shape index (κ3) is 5.39. The van der Waals surface area contributed by atoms with Gasteiger partial charge < -0.3 is 34.5 Å². The smallest absolute Gasteiger partial charge is 0.264 e. The molecule has 43 heavy (non-hydrogen) atoms. The first kappa shape index (κ1) is 30.9. The van der Waals surface area contributed by atoms with E-state index in [0.717, 1.165) is 12.8 Å². The Bertz CT molecular complexity index is 1410. The highest BCUT2D eigenvalue weighted by Gasteiger charge is 2.66. The molecule has 10 nitrogen and oxygen atoms in total. The molecular formula is C32H41N3O7Si. The maximum absolute atomic E-state index is 14.3. The van der Waals surface area contributed by atoms with Crippen LogP contribution in [-0.4, -0.2) is 79.8 Å². The molecule has 11 heteroatoms. The number of likely N-dealkylation sites (tertiary alicyclic amines) is 1. The van der Waals surface area contributed by atoms with Crippen LogP contribution in [0.25, 0.3) is 0 Å². The van der Waals surface area contributed by atoms with E-state index in [9.17, 15) is 24.3 Å². The third-order valence-electron chi connectivity index (χ3n) is 9.19. The number of carbonyl (C=O) groups excluding carboxylic acids is 3. The van der Waals surface area contributed by atoms with Crippen LogP contribution in [0.1, 0.15) is 42.1 Å². The first-order chi connectivity index (χ1) is 20.5. The van der Waals surface area contributed by atoms with Crippen molar-refractivity contribution in [3.05, 3.63) is 66.2 Å². The molecule has 3 amide bonds. The third-order valence-corrected chi connectivity index (χ3v) is 11.7. The molecular weight excluding hydrogens is 566 g/mol. The number of nitrogens with zero attached hydrogens (tertiary/aromatic N) is 2. The van der Waals surface area contributed by atoms with Crippen molar-refractivity contribution in [2.24, 2.45) is 5.92 Å². The van der Waals surface area contributed by atoms with Crippen LogP contribution in [0.4, 0.5) is 11.4 Å². The van der Waals surface area contributed by atoms with Gasteiger partial charge in [-0.2, -0.15) is 0 Å². The Hall–Kier alpha value is -3.51. The van der Waals surface area contributed by atoms with E-state index in [1.54, 1.807) is 65.5 Å². The summed E-state index contributed by atoms with van der Waals surface area (Å²) >= 11 is 0. The zero-order valence-corrected chi connectivity index (χ0v) is 26.2. The van der Waals surface area contributed by atoms with Gasteiger partial charge in [-0.25, -0.2) is 0 Å². The first-order valence-electron chi connectivity index (χ1n) is 14.8. The number of rotatable bonds is 9. The van der Waals surface area contributed by atoms with Crippen molar-refractivity contribution in [1.29, 1.82) is 0 Å². The Balaban J connectivity index is 1.51. The van der Waals surface area contributed by atoms with Crippen molar-refractivity contribution in [3.8, 4) is 5.75 Å². The van der Waals surface area contributed by atoms with Crippen molar-refractivity contribution in [2.45, 2.75) is 62.6 Å². The summed E-state index contributed by atoms with van der Waals surface area (Å²) in [6, 6.07) is 11.8. The van der Waals surface area contributed by atoms with Gasteiger partial charge in [-0.15, -0.1) is 6.58 Å². The molecule has 2 aromatic carbocycles. The molecule has 3 aliphatic rings. The second-order valence-corrected chi connectivity index (χ2v) is 16.2. The number of fused-ring (bicyclic) bond motifs is 2. The van der Waals surface area contributed by atoms with Gasteiger partial charge in [0.2, 0.25) is 5.91 Å². The zero-order chi connectivity index (χ0) is 31.1. The van der Waals surface area contributed by atoms with Crippen molar-refractivity contribution in [1.82, 2.24) is 4.90 Å². The van der Waals surface area contributed by atoms with Gasteiger partial charge in [-0.05, 0) is 68.4 Å². The average molecular weight is 608 g/mol. The maximum Gasteiger partial charge on any atom is 0.264 e. The lowest BCUT2D eigenvalue weighted by Crippen LogP contribution is -2.46. The highest BCUT2D eigenvalue weighted by Crippen LogP contribution is 2.60. The lowest BCUT2D eigenvalue weighted by atomic mass is 9.82. The Kier molecular flexibility index (Phi) is 8.54. The SMILES string of the molecule is C=CCN1C(=O)[C@]2(O[C@H](CC(=O)N3CCC[C@H]3CO)[C@@H]([Si](C)(C)O)[C@@H]2C)c2cc(NC(=O)c3ccc(OC)cc3)ccc21. The fraction of sp³-hybridized carbons (Fsp3) is 0.469. The van der Waals surface area contributed by atoms with Gasteiger partial charge in [0.05, 0.1) is 38.0 Å². The number of hydrogen-bond acceptors (Lipinski definition) is 7. The number of carbonyl (C=O) groups is 3. The number of hydrogen-bond donors (Lipinski definition) is 3. The minimum absolute atomic E-state index is 0.00220. The lowest BCUT2D eigenvalue weighted by molar-refractivity contribution is -0.149. The molecule has 0 unspecified atom stereocenters. The Morgan fingerprint density at radius 3 is 2.58 bits per heavy atom. The van der Waals surface area contributed by atoms with Crippen molar-refractivity contribution in [2.75, 3.05) is 37.0 Å². The largest absolute Gasteiger partial charge is 0.497 e. The van der Waals surface area contributed by atoms with Gasteiger partial charge in [0, 0.05) is 41.4 Å². The van der Waals surface area contributed by atoms with Gasteiger partial charge in [-0.1, -0.05) is 13.0 Å². The zero-order valence-electron chi connectivity index (χ0n) is 25.2. The highest BCUT2D eigenvalue weighted by atomic mass is 28.4. The van der Waals surface area contributed by atoms with E-state index in [-0.39, 0.29) is 43.3 Å². The number of amides is 3. The normalized spacial score (nSPS) is 26.6. The molecule has 5 rings (SSSR count). The van der Waals surface area contributed by atoms with Gasteiger partial charge in [-0.3, -0.25) is 14.4 Å².